The van der Waals surface area contributed by atoms with E-state index in [4.69, 9.17) is 9.47 Å². The minimum absolute atomic E-state index is 0.367. The Labute approximate surface area is 162 Å². The van der Waals surface area contributed by atoms with E-state index in [1.165, 1.54) is 36.7 Å². The second kappa shape index (κ2) is 7.80. The molecule has 1 amide bonds. The summed E-state index contributed by atoms with van der Waals surface area (Å²) in [4.78, 5) is 17.9. The van der Waals surface area contributed by atoms with E-state index in [1.54, 1.807) is 24.3 Å². The first-order chi connectivity index (χ1) is 13.0. The molecule has 0 aliphatic carbocycles. The topological polar surface area (TPSA) is 52.8 Å². The molecule has 3 aromatic rings. The van der Waals surface area contributed by atoms with Gasteiger partial charge in [-0.2, -0.15) is 4.99 Å². The Morgan fingerprint density at radius 3 is 2.63 bits per heavy atom. The molecule has 0 saturated carbocycles. The van der Waals surface area contributed by atoms with E-state index in [0.29, 0.717) is 28.4 Å². The van der Waals surface area contributed by atoms with Crippen LogP contribution >= 0.6 is 11.3 Å². The van der Waals surface area contributed by atoms with E-state index in [1.807, 2.05) is 4.57 Å². The van der Waals surface area contributed by atoms with Gasteiger partial charge in [-0.05, 0) is 49.2 Å². The van der Waals surface area contributed by atoms with Crippen LogP contribution in [0.2, 0.25) is 0 Å². The fourth-order valence-corrected chi connectivity index (χ4v) is 4.03. The summed E-state index contributed by atoms with van der Waals surface area (Å²) >= 11 is 1.49. The van der Waals surface area contributed by atoms with Crippen molar-refractivity contribution in [3.8, 4) is 11.5 Å². The van der Waals surface area contributed by atoms with Gasteiger partial charge in [0.15, 0.2) is 16.3 Å². The van der Waals surface area contributed by atoms with Gasteiger partial charge >= 0.3 is 0 Å². The SMILES string of the molecule is C=CCn1c(=NC(=O)c2cccc(OC)c2OC)sc2cc(C)c(C)cc21. The van der Waals surface area contributed by atoms with Gasteiger partial charge < -0.3 is 14.0 Å². The van der Waals surface area contributed by atoms with Crippen molar-refractivity contribution in [3.05, 3.63) is 64.5 Å². The minimum atomic E-state index is -0.372. The number of ether oxygens (including phenoxy) is 2. The Kier molecular flexibility index (Phi) is 5.46. The smallest absolute Gasteiger partial charge is 0.283 e. The number of hydrogen-bond donors (Lipinski definition) is 0. The maximum absolute atomic E-state index is 12.9. The van der Waals surface area contributed by atoms with Gasteiger partial charge in [0.1, 0.15) is 0 Å². The summed E-state index contributed by atoms with van der Waals surface area (Å²) in [6.07, 6.45) is 1.80. The van der Waals surface area contributed by atoms with Crippen molar-refractivity contribution in [3.63, 3.8) is 0 Å². The lowest BCUT2D eigenvalue weighted by atomic mass is 10.1. The number of carbonyl (C=O) groups excluding carboxylic acids is 1. The summed E-state index contributed by atoms with van der Waals surface area (Å²) in [5.41, 5.74) is 3.83. The number of methoxy groups -OCH3 is 2. The summed E-state index contributed by atoms with van der Waals surface area (Å²) in [5, 5.41) is 0. The molecule has 0 saturated heterocycles. The molecule has 1 aromatic heterocycles. The second-order valence-electron chi connectivity index (χ2n) is 6.15. The van der Waals surface area contributed by atoms with Crippen LogP contribution in [0.4, 0.5) is 0 Å². The number of nitrogens with zero attached hydrogens (tertiary/aromatic N) is 2. The number of hydrogen-bond acceptors (Lipinski definition) is 4. The quantitative estimate of drug-likeness (QED) is 0.620. The van der Waals surface area contributed by atoms with Crippen molar-refractivity contribution in [2.24, 2.45) is 4.99 Å². The number of fused-ring (bicyclic) bond motifs is 1. The highest BCUT2D eigenvalue weighted by Crippen LogP contribution is 2.31. The molecule has 0 radical (unpaired) electrons. The summed E-state index contributed by atoms with van der Waals surface area (Å²) in [5.74, 6) is 0.514. The average molecular weight is 382 g/mol. The lowest BCUT2D eigenvalue weighted by molar-refractivity contribution is 0.0994. The molecule has 0 aliphatic heterocycles. The van der Waals surface area contributed by atoms with E-state index < -0.39 is 0 Å². The molecule has 0 fully saturated rings. The van der Waals surface area contributed by atoms with Crippen LogP contribution in [-0.4, -0.2) is 24.7 Å². The number of benzene rings is 2. The lowest BCUT2D eigenvalue weighted by Gasteiger charge is -2.10. The fourth-order valence-electron chi connectivity index (χ4n) is 2.91. The molecular formula is C21H22N2O3S. The number of carbonyl (C=O) groups is 1. The maximum Gasteiger partial charge on any atom is 0.283 e. The van der Waals surface area contributed by atoms with Crippen LogP contribution < -0.4 is 14.3 Å². The number of amides is 1. The molecule has 27 heavy (non-hydrogen) atoms. The Bertz CT molecular complexity index is 1090. The van der Waals surface area contributed by atoms with Crippen LogP contribution in [0.25, 0.3) is 10.2 Å². The number of aryl methyl sites for hydroxylation is 2. The molecule has 0 spiro atoms. The van der Waals surface area contributed by atoms with Crippen LogP contribution in [-0.2, 0) is 6.54 Å². The predicted molar refractivity (Wildman–Crippen MR) is 109 cm³/mol. The highest BCUT2D eigenvalue weighted by molar-refractivity contribution is 7.16. The third-order valence-corrected chi connectivity index (χ3v) is 5.48. The third-order valence-electron chi connectivity index (χ3n) is 4.44. The Hall–Kier alpha value is -2.86. The molecule has 6 heteroatoms. The second-order valence-corrected chi connectivity index (χ2v) is 7.16. The van der Waals surface area contributed by atoms with E-state index in [9.17, 15) is 4.79 Å². The Morgan fingerprint density at radius 1 is 1.22 bits per heavy atom. The number of allylic oxidation sites excluding steroid dienone is 1. The fraction of sp³-hybridized carbons (Fsp3) is 0.238. The van der Waals surface area contributed by atoms with Crippen molar-refractivity contribution in [1.29, 1.82) is 0 Å². The summed E-state index contributed by atoms with van der Waals surface area (Å²) in [6, 6.07) is 9.44. The monoisotopic (exact) mass is 382 g/mol. The van der Waals surface area contributed by atoms with Gasteiger partial charge in [0.2, 0.25) is 0 Å². The predicted octanol–water partition coefficient (Wildman–Crippen LogP) is 4.26. The Morgan fingerprint density at radius 2 is 1.96 bits per heavy atom. The Balaban J connectivity index is 2.20. The standard InChI is InChI=1S/C21H22N2O3S/c1-6-10-23-16-11-13(2)14(3)12-18(16)27-21(23)22-20(24)15-8-7-9-17(25-4)19(15)26-5/h6-9,11-12H,1,10H2,2-5H3. The molecule has 2 aromatic carbocycles. The number of para-hydroxylation sites is 1. The third kappa shape index (κ3) is 3.53. The van der Waals surface area contributed by atoms with E-state index in [2.05, 4.69) is 37.6 Å². The minimum Gasteiger partial charge on any atom is -0.493 e. The first-order valence-electron chi connectivity index (χ1n) is 8.51. The molecule has 1 heterocycles. The van der Waals surface area contributed by atoms with Gasteiger partial charge in [-0.25, -0.2) is 0 Å². The van der Waals surface area contributed by atoms with Gasteiger partial charge in [-0.3, -0.25) is 4.79 Å². The molecule has 140 valence electrons. The highest BCUT2D eigenvalue weighted by Gasteiger charge is 2.17. The molecule has 3 rings (SSSR count). The summed E-state index contributed by atoms with van der Waals surface area (Å²) < 4.78 is 13.7. The van der Waals surface area contributed by atoms with Crippen LogP contribution in [0, 0.1) is 13.8 Å². The molecule has 0 atom stereocenters. The molecule has 5 nitrogen and oxygen atoms in total. The molecule has 0 bridgehead atoms. The zero-order valence-electron chi connectivity index (χ0n) is 15.9. The zero-order valence-corrected chi connectivity index (χ0v) is 16.7. The van der Waals surface area contributed by atoms with E-state index >= 15 is 0 Å². The molecule has 0 N–H and O–H groups in total. The van der Waals surface area contributed by atoms with Crippen LogP contribution in [0.15, 0.2) is 48.0 Å². The van der Waals surface area contributed by atoms with Crippen LogP contribution in [0.1, 0.15) is 21.5 Å². The van der Waals surface area contributed by atoms with Crippen LogP contribution in [0.5, 0.6) is 11.5 Å². The first kappa shape index (κ1) is 18.9. The van der Waals surface area contributed by atoms with Crippen molar-refractivity contribution >= 4 is 27.5 Å². The van der Waals surface area contributed by atoms with E-state index in [0.717, 1.165) is 10.2 Å². The summed E-state index contributed by atoms with van der Waals surface area (Å²) in [7, 11) is 3.05. The highest BCUT2D eigenvalue weighted by atomic mass is 32.1. The van der Waals surface area contributed by atoms with Gasteiger partial charge in [-0.1, -0.05) is 23.5 Å². The van der Waals surface area contributed by atoms with Gasteiger partial charge in [-0.15, -0.1) is 6.58 Å². The number of aromatic nitrogens is 1. The van der Waals surface area contributed by atoms with Crippen molar-refractivity contribution in [2.75, 3.05) is 14.2 Å². The van der Waals surface area contributed by atoms with Crippen LogP contribution in [0.3, 0.4) is 0 Å². The van der Waals surface area contributed by atoms with Gasteiger partial charge in [0, 0.05) is 6.54 Å². The largest absolute Gasteiger partial charge is 0.493 e. The maximum atomic E-state index is 12.9. The summed E-state index contributed by atoms with van der Waals surface area (Å²) in [6.45, 7) is 8.56. The van der Waals surface area contributed by atoms with E-state index in [-0.39, 0.29) is 5.91 Å². The van der Waals surface area contributed by atoms with Crippen molar-refractivity contribution < 1.29 is 14.3 Å². The molecular weight excluding hydrogens is 360 g/mol. The van der Waals surface area contributed by atoms with Gasteiger partial charge in [0.05, 0.1) is 30.0 Å². The normalized spacial score (nSPS) is 11.6. The number of thiazole rings is 1. The average Bonchev–Trinajstić information content (AvgIpc) is 2.97. The number of rotatable bonds is 5. The molecule has 0 aliphatic rings. The lowest BCUT2D eigenvalue weighted by Crippen LogP contribution is -2.16. The first-order valence-corrected chi connectivity index (χ1v) is 9.33. The van der Waals surface area contributed by atoms with Crippen molar-refractivity contribution in [1.82, 2.24) is 4.57 Å². The van der Waals surface area contributed by atoms with Crippen molar-refractivity contribution in [2.45, 2.75) is 20.4 Å². The molecule has 0 unspecified atom stereocenters. The van der Waals surface area contributed by atoms with Gasteiger partial charge in [0.25, 0.3) is 5.91 Å². The zero-order chi connectivity index (χ0) is 19.6.